The van der Waals surface area contributed by atoms with Crippen molar-refractivity contribution in [1.29, 1.82) is 0 Å². The fourth-order valence-corrected chi connectivity index (χ4v) is 2.81. The second kappa shape index (κ2) is 5.76. The maximum atomic E-state index is 6.33. The molecule has 0 aliphatic heterocycles. The predicted molar refractivity (Wildman–Crippen MR) is 87.2 cm³/mol. The number of imidazole rings is 1. The zero-order valence-electron chi connectivity index (χ0n) is 11.1. The number of benzene rings is 2. The van der Waals surface area contributed by atoms with E-state index in [4.69, 9.17) is 39.5 Å². The maximum Gasteiger partial charge on any atom is 0.129 e. The number of alkyl halides is 1. The van der Waals surface area contributed by atoms with E-state index in [1.807, 2.05) is 34.9 Å². The van der Waals surface area contributed by atoms with Crippen LogP contribution in [0.2, 0.25) is 10.0 Å². The Bertz CT molecular complexity index is 814. The molecule has 0 aliphatic rings. The Balaban J connectivity index is 2.36. The van der Waals surface area contributed by atoms with Gasteiger partial charge in [0.15, 0.2) is 0 Å². The average molecular weight is 342 g/mol. The van der Waals surface area contributed by atoms with Crippen LogP contribution in [0, 0.1) is 0 Å². The number of aromatic nitrogens is 2. The number of nitrogens with zero attached hydrogens (tertiary/aromatic N) is 2. The van der Waals surface area contributed by atoms with E-state index in [1.54, 1.807) is 13.2 Å². The molecule has 0 saturated heterocycles. The van der Waals surface area contributed by atoms with Crippen LogP contribution in [0.4, 0.5) is 0 Å². The van der Waals surface area contributed by atoms with Gasteiger partial charge in [-0.25, -0.2) is 4.98 Å². The van der Waals surface area contributed by atoms with Crippen LogP contribution in [0.3, 0.4) is 0 Å². The molecule has 3 nitrogen and oxygen atoms in total. The van der Waals surface area contributed by atoms with Gasteiger partial charge in [0.2, 0.25) is 0 Å². The predicted octanol–water partition coefficient (Wildman–Crippen LogP) is 5.08. The molecule has 1 aromatic heterocycles. The summed E-state index contributed by atoms with van der Waals surface area (Å²) in [7, 11) is 1.62. The standard InChI is InChI=1S/C15H11Cl3N2O/c1-21-9-5-6-11-13(7-9)20(14(8-16)19-11)12-4-2-3-10(17)15(12)18/h2-7H,8H2,1H3. The number of rotatable bonds is 3. The van der Waals surface area contributed by atoms with Gasteiger partial charge in [-0.1, -0.05) is 29.3 Å². The summed E-state index contributed by atoms with van der Waals surface area (Å²) in [4.78, 5) is 4.53. The molecular formula is C15H11Cl3N2O. The van der Waals surface area contributed by atoms with E-state index in [2.05, 4.69) is 4.98 Å². The molecule has 108 valence electrons. The molecule has 3 aromatic rings. The molecule has 0 fully saturated rings. The highest BCUT2D eigenvalue weighted by Gasteiger charge is 2.16. The van der Waals surface area contributed by atoms with Crippen molar-refractivity contribution in [2.75, 3.05) is 7.11 Å². The van der Waals surface area contributed by atoms with E-state index in [0.717, 1.165) is 22.5 Å². The van der Waals surface area contributed by atoms with Crippen molar-refractivity contribution in [3.8, 4) is 11.4 Å². The van der Waals surface area contributed by atoms with Gasteiger partial charge in [0.05, 0.1) is 39.8 Å². The molecule has 0 bridgehead atoms. The van der Waals surface area contributed by atoms with Gasteiger partial charge >= 0.3 is 0 Å². The Morgan fingerprint density at radius 3 is 2.71 bits per heavy atom. The number of halogens is 3. The third kappa shape index (κ3) is 2.46. The molecule has 0 spiro atoms. The molecule has 0 atom stereocenters. The van der Waals surface area contributed by atoms with Gasteiger partial charge in [0, 0.05) is 6.07 Å². The first kappa shape index (κ1) is 14.5. The largest absolute Gasteiger partial charge is 0.497 e. The summed E-state index contributed by atoms with van der Waals surface area (Å²) >= 11 is 18.5. The third-order valence-corrected chi connectivity index (χ3v) is 4.27. The highest BCUT2D eigenvalue weighted by molar-refractivity contribution is 6.43. The van der Waals surface area contributed by atoms with Gasteiger partial charge < -0.3 is 4.74 Å². The van der Waals surface area contributed by atoms with Crippen LogP contribution >= 0.6 is 34.8 Å². The molecule has 0 saturated carbocycles. The van der Waals surface area contributed by atoms with E-state index in [0.29, 0.717) is 15.9 Å². The minimum atomic E-state index is 0.264. The minimum Gasteiger partial charge on any atom is -0.497 e. The summed E-state index contributed by atoms with van der Waals surface area (Å²) in [5.74, 6) is 1.70. The zero-order valence-corrected chi connectivity index (χ0v) is 13.4. The summed E-state index contributed by atoms with van der Waals surface area (Å²) in [5.41, 5.74) is 2.44. The molecule has 21 heavy (non-hydrogen) atoms. The number of fused-ring (bicyclic) bond motifs is 1. The molecule has 0 radical (unpaired) electrons. The molecule has 0 aliphatic carbocycles. The van der Waals surface area contributed by atoms with Crippen molar-refractivity contribution in [2.24, 2.45) is 0 Å². The molecule has 1 heterocycles. The van der Waals surface area contributed by atoms with Crippen LogP contribution < -0.4 is 4.74 Å². The second-order valence-corrected chi connectivity index (χ2v) is 5.48. The topological polar surface area (TPSA) is 27.1 Å². The lowest BCUT2D eigenvalue weighted by molar-refractivity contribution is 0.415. The fourth-order valence-electron chi connectivity index (χ4n) is 2.26. The number of ether oxygens (including phenoxy) is 1. The molecule has 6 heteroatoms. The SMILES string of the molecule is COc1ccc2nc(CCl)n(-c3cccc(Cl)c3Cl)c2c1. The first-order valence-corrected chi connectivity index (χ1v) is 7.50. The summed E-state index contributed by atoms with van der Waals surface area (Å²) < 4.78 is 7.18. The smallest absolute Gasteiger partial charge is 0.129 e. The van der Waals surface area contributed by atoms with Crippen molar-refractivity contribution in [2.45, 2.75) is 5.88 Å². The first-order valence-electron chi connectivity index (χ1n) is 6.21. The summed E-state index contributed by atoms with van der Waals surface area (Å²) in [6.45, 7) is 0. The van der Waals surface area contributed by atoms with E-state index in [-0.39, 0.29) is 5.88 Å². The van der Waals surface area contributed by atoms with Gasteiger partial charge in [-0.3, -0.25) is 4.57 Å². The molecule has 0 unspecified atom stereocenters. The summed E-state index contributed by atoms with van der Waals surface area (Å²) in [5, 5.41) is 0.951. The van der Waals surface area contributed by atoms with Gasteiger partial charge in [0.25, 0.3) is 0 Å². The second-order valence-electron chi connectivity index (χ2n) is 4.42. The van der Waals surface area contributed by atoms with E-state index in [9.17, 15) is 0 Å². The molecule has 2 aromatic carbocycles. The van der Waals surface area contributed by atoms with E-state index >= 15 is 0 Å². The van der Waals surface area contributed by atoms with Crippen LogP contribution in [-0.4, -0.2) is 16.7 Å². The summed E-state index contributed by atoms with van der Waals surface area (Å²) in [6.07, 6.45) is 0. The first-order chi connectivity index (χ1) is 10.2. The van der Waals surface area contributed by atoms with Crippen molar-refractivity contribution in [3.63, 3.8) is 0 Å². The fraction of sp³-hybridized carbons (Fsp3) is 0.133. The minimum absolute atomic E-state index is 0.264. The number of hydrogen-bond donors (Lipinski definition) is 0. The molecular weight excluding hydrogens is 331 g/mol. The Labute approximate surface area is 137 Å². The quantitative estimate of drug-likeness (QED) is 0.621. The lowest BCUT2D eigenvalue weighted by Gasteiger charge is -2.11. The van der Waals surface area contributed by atoms with Crippen LogP contribution in [0.5, 0.6) is 5.75 Å². The number of methoxy groups -OCH3 is 1. The average Bonchev–Trinajstić information content (AvgIpc) is 2.87. The highest BCUT2D eigenvalue weighted by atomic mass is 35.5. The van der Waals surface area contributed by atoms with Gasteiger partial charge in [0.1, 0.15) is 11.6 Å². The lowest BCUT2D eigenvalue weighted by atomic mass is 10.2. The summed E-state index contributed by atoms with van der Waals surface area (Å²) in [6, 6.07) is 11.1. The van der Waals surface area contributed by atoms with Crippen LogP contribution in [0.15, 0.2) is 36.4 Å². The Hall–Kier alpha value is -1.42. The zero-order chi connectivity index (χ0) is 15.0. The highest BCUT2D eigenvalue weighted by Crippen LogP contribution is 2.33. The normalized spacial score (nSPS) is 11.0. The van der Waals surface area contributed by atoms with Crippen molar-refractivity contribution >= 4 is 45.8 Å². The van der Waals surface area contributed by atoms with Crippen molar-refractivity contribution in [3.05, 3.63) is 52.3 Å². The van der Waals surface area contributed by atoms with Crippen LogP contribution in [0.1, 0.15) is 5.82 Å². The van der Waals surface area contributed by atoms with Crippen LogP contribution in [0.25, 0.3) is 16.7 Å². The Kier molecular flexibility index (Phi) is 3.98. The Morgan fingerprint density at radius 1 is 1.19 bits per heavy atom. The van der Waals surface area contributed by atoms with Gasteiger partial charge in [-0.15, -0.1) is 11.6 Å². The maximum absolute atomic E-state index is 6.33. The van der Waals surface area contributed by atoms with Gasteiger partial charge in [-0.05, 0) is 24.3 Å². The third-order valence-electron chi connectivity index (χ3n) is 3.22. The monoisotopic (exact) mass is 340 g/mol. The van der Waals surface area contributed by atoms with Crippen molar-refractivity contribution < 1.29 is 4.74 Å². The van der Waals surface area contributed by atoms with Crippen LogP contribution in [-0.2, 0) is 5.88 Å². The lowest BCUT2D eigenvalue weighted by Crippen LogP contribution is -2.00. The Morgan fingerprint density at radius 2 is 2.00 bits per heavy atom. The van der Waals surface area contributed by atoms with E-state index < -0.39 is 0 Å². The molecule has 0 amide bonds. The molecule has 3 rings (SSSR count). The van der Waals surface area contributed by atoms with Gasteiger partial charge in [-0.2, -0.15) is 0 Å². The number of hydrogen-bond acceptors (Lipinski definition) is 2. The molecule has 0 N–H and O–H groups in total. The van der Waals surface area contributed by atoms with E-state index in [1.165, 1.54) is 0 Å². The van der Waals surface area contributed by atoms with Crippen molar-refractivity contribution in [1.82, 2.24) is 9.55 Å².